The van der Waals surface area contributed by atoms with Gasteiger partial charge in [-0.05, 0) is 42.9 Å². The minimum absolute atomic E-state index is 0.00152. The number of H-pyrrole nitrogens is 1. The second kappa shape index (κ2) is 6.53. The fourth-order valence-corrected chi connectivity index (χ4v) is 3.34. The molecule has 1 amide bonds. The summed E-state index contributed by atoms with van der Waals surface area (Å²) in [5.41, 5.74) is 4.42. The van der Waals surface area contributed by atoms with Crippen molar-refractivity contribution in [1.82, 2.24) is 30.1 Å². The molecule has 3 aromatic rings. The van der Waals surface area contributed by atoms with Crippen molar-refractivity contribution in [2.24, 2.45) is 5.92 Å². The van der Waals surface area contributed by atoms with Crippen LogP contribution in [0.1, 0.15) is 59.5 Å². The average molecular weight is 354 g/mol. The molecule has 136 valence electrons. The number of aliphatic hydroxyl groups is 1. The van der Waals surface area contributed by atoms with Crippen LogP contribution in [0.5, 0.6) is 0 Å². The Balaban J connectivity index is 1.54. The van der Waals surface area contributed by atoms with Crippen LogP contribution >= 0.6 is 0 Å². The molecule has 0 fully saturated rings. The number of fused-ring (bicyclic) bond motifs is 2. The Kier molecular flexibility index (Phi) is 4.20. The summed E-state index contributed by atoms with van der Waals surface area (Å²) in [6.07, 6.45) is 4.10. The van der Waals surface area contributed by atoms with E-state index in [0.29, 0.717) is 23.6 Å². The van der Waals surface area contributed by atoms with Crippen molar-refractivity contribution in [2.75, 3.05) is 0 Å². The summed E-state index contributed by atoms with van der Waals surface area (Å²) >= 11 is 0. The molecule has 1 unspecified atom stereocenters. The van der Waals surface area contributed by atoms with Crippen molar-refractivity contribution in [3.8, 4) is 0 Å². The first-order valence-electron chi connectivity index (χ1n) is 8.90. The standard InChI is InChI=1S/C18H22N6O2/c1-10(2)16(25)17-23-22-15-7-6-11(9-24(15)17)18(26)19-8-14-12-4-3-5-13(12)20-21-14/h6-7,9-10,16,25H,3-5,8H2,1-2H3,(H,19,26)(H,20,21). The number of aliphatic hydroxyl groups excluding tert-OH is 1. The number of aromatic amines is 1. The number of rotatable bonds is 5. The van der Waals surface area contributed by atoms with E-state index in [1.54, 1.807) is 22.7 Å². The van der Waals surface area contributed by atoms with Gasteiger partial charge in [0.15, 0.2) is 11.5 Å². The average Bonchev–Trinajstić information content (AvgIpc) is 3.34. The van der Waals surface area contributed by atoms with Crippen LogP contribution in [0.25, 0.3) is 5.65 Å². The third-order valence-electron chi connectivity index (χ3n) is 4.90. The molecule has 1 aliphatic carbocycles. The zero-order valence-electron chi connectivity index (χ0n) is 14.9. The summed E-state index contributed by atoms with van der Waals surface area (Å²) in [4.78, 5) is 12.6. The molecule has 0 radical (unpaired) electrons. The van der Waals surface area contributed by atoms with E-state index in [-0.39, 0.29) is 11.8 Å². The number of hydrogen-bond acceptors (Lipinski definition) is 5. The molecule has 8 nitrogen and oxygen atoms in total. The van der Waals surface area contributed by atoms with Crippen molar-refractivity contribution in [1.29, 1.82) is 0 Å². The van der Waals surface area contributed by atoms with Crippen LogP contribution < -0.4 is 5.32 Å². The number of nitrogens with one attached hydrogen (secondary N) is 2. The Bertz CT molecular complexity index is 958. The normalized spacial score (nSPS) is 14.8. The van der Waals surface area contributed by atoms with Crippen LogP contribution in [-0.2, 0) is 19.4 Å². The molecule has 1 aliphatic rings. The van der Waals surface area contributed by atoms with Gasteiger partial charge < -0.3 is 10.4 Å². The molecule has 3 aromatic heterocycles. The van der Waals surface area contributed by atoms with Crippen molar-refractivity contribution in [3.63, 3.8) is 0 Å². The molecule has 4 rings (SSSR count). The Morgan fingerprint density at radius 1 is 1.35 bits per heavy atom. The number of nitrogens with zero attached hydrogens (tertiary/aromatic N) is 4. The van der Waals surface area contributed by atoms with Crippen molar-refractivity contribution in [2.45, 2.75) is 45.8 Å². The highest BCUT2D eigenvalue weighted by Crippen LogP contribution is 2.23. The van der Waals surface area contributed by atoms with Crippen LogP contribution in [0.2, 0.25) is 0 Å². The summed E-state index contributed by atoms with van der Waals surface area (Å²) in [6, 6.07) is 3.44. The fourth-order valence-electron chi connectivity index (χ4n) is 3.34. The Labute approximate surface area is 150 Å². The second-order valence-electron chi connectivity index (χ2n) is 7.06. The lowest BCUT2D eigenvalue weighted by molar-refractivity contribution is 0.0949. The molecular formula is C18H22N6O2. The summed E-state index contributed by atoms with van der Waals surface area (Å²) in [6.45, 7) is 4.21. The van der Waals surface area contributed by atoms with Gasteiger partial charge in [0.2, 0.25) is 0 Å². The van der Waals surface area contributed by atoms with Crippen LogP contribution in [0.3, 0.4) is 0 Å². The Morgan fingerprint density at radius 3 is 3.00 bits per heavy atom. The van der Waals surface area contributed by atoms with Crippen LogP contribution in [-0.4, -0.2) is 35.8 Å². The van der Waals surface area contributed by atoms with Gasteiger partial charge in [0.05, 0.1) is 17.8 Å². The number of carbonyl (C=O) groups is 1. The van der Waals surface area contributed by atoms with Crippen LogP contribution in [0, 0.1) is 5.92 Å². The summed E-state index contributed by atoms with van der Waals surface area (Å²) < 4.78 is 1.67. The highest BCUT2D eigenvalue weighted by Gasteiger charge is 2.21. The van der Waals surface area contributed by atoms with Crippen molar-refractivity contribution < 1.29 is 9.90 Å². The molecule has 1 atom stereocenters. The van der Waals surface area contributed by atoms with E-state index in [1.807, 2.05) is 13.8 Å². The van der Waals surface area contributed by atoms with E-state index in [0.717, 1.165) is 25.0 Å². The molecular weight excluding hydrogens is 332 g/mol. The largest absolute Gasteiger partial charge is 0.385 e. The third kappa shape index (κ3) is 2.86. The predicted octanol–water partition coefficient (Wildman–Crippen LogP) is 1.56. The number of amides is 1. The molecule has 0 saturated carbocycles. The quantitative estimate of drug-likeness (QED) is 0.644. The van der Waals surface area contributed by atoms with Gasteiger partial charge in [-0.3, -0.25) is 14.3 Å². The monoisotopic (exact) mass is 354 g/mol. The second-order valence-corrected chi connectivity index (χ2v) is 7.06. The Hall–Kier alpha value is -2.74. The molecule has 0 bridgehead atoms. The zero-order valence-corrected chi connectivity index (χ0v) is 14.9. The smallest absolute Gasteiger partial charge is 0.253 e. The van der Waals surface area contributed by atoms with Gasteiger partial charge in [-0.25, -0.2) is 0 Å². The maximum absolute atomic E-state index is 12.6. The third-order valence-corrected chi connectivity index (χ3v) is 4.90. The number of aryl methyl sites for hydroxylation is 1. The lowest BCUT2D eigenvalue weighted by Crippen LogP contribution is -2.24. The summed E-state index contributed by atoms with van der Waals surface area (Å²) in [5, 5.41) is 28.7. The van der Waals surface area contributed by atoms with Gasteiger partial charge in [-0.15, -0.1) is 10.2 Å². The van der Waals surface area contributed by atoms with Gasteiger partial charge in [0.25, 0.3) is 5.91 Å². The van der Waals surface area contributed by atoms with E-state index < -0.39 is 6.10 Å². The minimum atomic E-state index is -0.741. The number of aromatic nitrogens is 5. The lowest BCUT2D eigenvalue weighted by Gasteiger charge is -2.12. The fraction of sp³-hybridized carbons (Fsp3) is 0.444. The predicted molar refractivity (Wildman–Crippen MR) is 94.6 cm³/mol. The molecule has 26 heavy (non-hydrogen) atoms. The van der Waals surface area contributed by atoms with E-state index in [2.05, 4.69) is 25.7 Å². The van der Waals surface area contributed by atoms with Crippen LogP contribution in [0.15, 0.2) is 18.3 Å². The minimum Gasteiger partial charge on any atom is -0.385 e. The first-order chi connectivity index (χ1) is 12.5. The highest BCUT2D eigenvalue weighted by molar-refractivity contribution is 5.94. The first kappa shape index (κ1) is 16.7. The maximum atomic E-state index is 12.6. The van der Waals surface area contributed by atoms with Gasteiger partial charge in [0, 0.05) is 11.9 Å². The first-order valence-corrected chi connectivity index (χ1v) is 8.90. The zero-order chi connectivity index (χ0) is 18.3. The van der Waals surface area contributed by atoms with Crippen molar-refractivity contribution in [3.05, 3.63) is 46.7 Å². The lowest BCUT2D eigenvalue weighted by atomic mass is 10.1. The van der Waals surface area contributed by atoms with Gasteiger partial charge >= 0.3 is 0 Å². The highest BCUT2D eigenvalue weighted by atomic mass is 16.3. The van der Waals surface area contributed by atoms with E-state index >= 15 is 0 Å². The number of carbonyl (C=O) groups excluding carboxylic acids is 1. The van der Waals surface area contributed by atoms with Gasteiger partial charge in [-0.2, -0.15) is 5.10 Å². The molecule has 0 aliphatic heterocycles. The van der Waals surface area contributed by atoms with Gasteiger partial charge in [0.1, 0.15) is 6.10 Å². The van der Waals surface area contributed by atoms with Gasteiger partial charge in [-0.1, -0.05) is 13.8 Å². The van der Waals surface area contributed by atoms with E-state index in [4.69, 9.17) is 0 Å². The topological polar surface area (TPSA) is 108 Å². The van der Waals surface area contributed by atoms with Crippen LogP contribution in [0.4, 0.5) is 0 Å². The summed E-state index contributed by atoms with van der Waals surface area (Å²) in [7, 11) is 0. The molecule has 0 spiro atoms. The molecule has 0 aromatic carbocycles. The number of hydrogen-bond donors (Lipinski definition) is 3. The molecule has 3 heterocycles. The Morgan fingerprint density at radius 2 is 2.19 bits per heavy atom. The van der Waals surface area contributed by atoms with E-state index in [1.165, 1.54) is 11.3 Å². The van der Waals surface area contributed by atoms with Crippen molar-refractivity contribution >= 4 is 11.6 Å². The number of pyridine rings is 1. The summed E-state index contributed by atoms with van der Waals surface area (Å²) in [5.74, 6) is 0.247. The van der Waals surface area contributed by atoms with E-state index in [9.17, 15) is 9.90 Å². The molecule has 0 saturated heterocycles. The maximum Gasteiger partial charge on any atom is 0.253 e. The SMILES string of the molecule is CC(C)C(O)c1nnc2ccc(C(=O)NCc3n[nH]c4c3CCC4)cn12. The molecule has 3 N–H and O–H groups in total. The molecule has 8 heteroatoms.